The first kappa shape index (κ1) is 18.2. The van der Waals surface area contributed by atoms with E-state index in [1.54, 1.807) is 0 Å². The van der Waals surface area contributed by atoms with Crippen LogP contribution in [-0.4, -0.2) is 64.9 Å². The molecule has 3 aliphatic rings. The van der Waals surface area contributed by atoms with Crippen molar-refractivity contribution >= 4 is 17.9 Å². The molecule has 0 aromatic heterocycles. The van der Waals surface area contributed by atoms with E-state index in [0.717, 1.165) is 25.7 Å². The molecule has 1 saturated carbocycles. The van der Waals surface area contributed by atoms with E-state index in [9.17, 15) is 0 Å². The summed E-state index contributed by atoms with van der Waals surface area (Å²) in [6, 6.07) is 10.3. The Morgan fingerprint density at radius 2 is 1.73 bits per heavy atom. The molecule has 4 rings (SSSR count). The minimum absolute atomic E-state index is 0.386. The van der Waals surface area contributed by atoms with E-state index in [0.29, 0.717) is 12.0 Å². The summed E-state index contributed by atoms with van der Waals surface area (Å²) in [4.78, 5) is 11.5. The van der Waals surface area contributed by atoms with Crippen LogP contribution in [0.4, 0.5) is 0 Å². The van der Waals surface area contributed by atoms with Gasteiger partial charge in [-0.25, -0.2) is 4.99 Å². The van der Waals surface area contributed by atoms with E-state index in [1.165, 1.54) is 48.8 Å². The second-order valence-electron chi connectivity index (χ2n) is 8.26. The van der Waals surface area contributed by atoms with Crippen molar-refractivity contribution in [3.8, 4) is 0 Å². The molecule has 2 heterocycles. The summed E-state index contributed by atoms with van der Waals surface area (Å²) in [5.74, 6) is 1.79. The second-order valence-corrected chi connectivity index (χ2v) is 9.36. The molecule has 0 spiro atoms. The third-order valence-corrected chi connectivity index (χ3v) is 6.96. The molecule has 0 bridgehead atoms. The topological polar surface area (TPSA) is 22.1 Å². The third kappa shape index (κ3) is 3.89. The first-order valence-corrected chi connectivity index (χ1v) is 11.0. The molecule has 142 valence electrons. The van der Waals surface area contributed by atoms with Gasteiger partial charge in [-0.3, -0.25) is 9.21 Å². The zero-order valence-electron chi connectivity index (χ0n) is 16.4. The summed E-state index contributed by atoms with van der Waals surface area (Å²) in [6.07, 6.45) is 4.24. The highest BCUT2D eigenvalue weighted by molar-refractivity contribution is 7.97. The minimum atomic E-state index is 0.386. The van der Waals surface area contributed by atoms with Gasteiger partial charge in [-0.15, -0.1) is 0 Å². The van der Waals surface area contributed by atoms with Gasteiger partial charge in [0.1, 0.15) is 0 Å². The predicted octanol–water partition coefficient (Wildman–Crippen LogP) is 4.05. The van der Waals surface area contributed by atoms with Gasteiger partial charge in [0.2, 0.25) is 5.96 Å². The molecule has 0 N–H and O–H groups in total. The fourth-order valence-corrected chi connectivity index (χ4v) is 5.07. The molecular formula is C21H32N4S. The van der Waals surface area contributed by atoms with E-state index < -0.39 is 0 Å². The summed E-state index contributed by atoms with van der Waals surface area (Å²) >= 11 is 1.85. The molecular weight excluding hydrogens is 340 g/mol. The maximum Gasteiger partial charge on any atom is 0.207 e. The molecule has 1 saturated heterocycles. The number of benzene rings is 1. The third-order valence-electron chi connectivity index (χ3n) is 5.94. The highest BCUT2D eigenvalue weighted by Crippen LogP contribution is 2.30. The maximum atomic E-state index is 4.97. The molecule has 26 heavy (non-hydrogen) atoms. The molecule has 1 unspecified atom stereocenters. The Labute approximate surface area is 162 Å². The van der Waals surface area contributed by atoms with Crippen molar-refractivity contribution in [1.29, 1.82) is 0 Å². The number of rotatable bonds is 4. The first-order chi connectivity index (χ1) is 12.6. The second kappa shape index (κ2) is 7.81. The van der Waals surface area contributed by atoms with Gasteiger partial charge in [0.25, 0.3) is 0 Å². The van der Waals surface area contributed by atoms with Crippen LogP contribution >= 0.6 is 11.9 Å². The van der Waals surface area contributed by atoms with E-state index in [1.807, 2.05) is 11.9 Å². The molecule has 1 aromatic carbocycles. The van der Waals surface area contributed by atoms with Gasteiger partial charge < -0.3 is 4.90 Å². The summed E-state index contributed by atoms with van der Waals surface area (Å²) < 4.78 is 2.41. The van der Waals surface area contributed by atoms with Gasteiger partial charge in [-0.2, -0.15) is 0 Å². The largest absolute Gasteiger partial charge is 0.340 e. The Morgan fingerprint density at radius 3 is 2.31 bits per heavy atom. The van der Waals surface area contributed by atoms with Crippen molar-refractivity contribution < 1.29 is 0 Å². The van der Waals surface area contributed by atoms with Crippen LogP contribution in [0.3, 0.4) is 0 Å². The van der Waals surface area contributed by atoms with Crippen LogP contribution in [-0.2, 0) is 0 Å². The highest BCUT2D eigenvalue weighted by Gasteiger charge is 2.33. The maximum absolute atomic E-state index is 4.97. The van der Waals surface area contributed by atoms with E-state index in [4.69, 9.17) is 4.99 Å². The number of piperazine rings is 1. The molecule has 0 radical (unpaired) electrons. The average Bonchev–Trinajstić information content (AvgIpc) is 2.95. The Bertz CT molecular complexity index is 630. The van der Waals surface area contributed by atoms with Crippen molar-refractivity contribution in [2.45, 2.75) is 62.9 Å². The lowest BCUT2D eigenvalue weighted by molar-refractivity contribution is 0.0835. The van der Waals surface area contributed by atoms with Gasteiger partial charge in [0.05, 0.1) is 12.6 Å². The van der Waals surface area contributed by atoms with Crippen LogP contribution in [0.5, 0.6) is 0 Å². The van der Waals surface area contributed by atoms with Crippen LogP contribution < -0.4 is 0 Å². The van der Waals surface area contributed by atoms with Crippen molar-refractivity contribution in [2.75, 3.05) is 32.7 Å². The van der Waals surface area contributed by atoms with Crippen LogP contribution in [0.25, 0.3) is 0 Å². The van der Waals surface area contributed by atoms with Gasteiger partial charge in [-0.05, 0) is 55.3 Å². The first-order valence-electron chi connectivity index (χ1n) is 10.2. The Balaban J connectivity index is 1.38. The summed E-state index contributed by atoms with van der Waals surface area (Å²) in [5, 5.41) is 0. The van der Waals surface area contributed by atoms with Crippen LogP contribution in [0, 0.1) is 0 Å². The highest BCUT2D eigenvalue weighted by atomic mass is 32.2. The van der Waals surface area contributed by atoms with Crippen molar-refractivity contribution in [3.63, 3.8) is 0 Å². The van der Waals surface area contributed by atoms with Gasteiger partial charge >= 0.3 is 0 Å². The van der Waals surface area contributed by atoms with E-state index >= 15 is 0 Å². The molecule has 1 aromatic rings. The molecule has 0 amide bonds. The van der Waals surface area contributed by atoms with E-state index in [2.05, 4.69) is 59.1 Å². The van der Waals surface area contributed by atoms with Crippen molar-refractivity contribution in [1.82, 2.24) is 14.1 Å². The fraction of sp³-hybridized carbons (Fsp3) is 0.667. The lowest BCUT2D eigenvalue weighted by Crippen LogP contribution is -2.55. The Morgan fingerprint density at radius 1 is 1.04 bits per heavy atom. The number of hydrogen-bond acceptors (Lipinski definition) is 5. The molecule has 4 nitrogen and oxygen atoms in total. The van der Waals surface area contributed by atoms with E-state index in [-0.39, 0.29) is 0 Å². The predicted molar refractivity (Wildman–Crippen MR) is 111 cm³/mol. The fourth-order valence-electron chi connectivity index (χ4n) is 4.02. The zero-order valence-corrected chi connectivity index (χ0v) is 17.2. The molecule has 5 heteroatoms. The number of nitrogens with zero attached hydrogens (tertiary/aromatic N) is 4. The smallest absolute Gasteiger partial charge is 0.207 e. The Kier molecular flexibility index (Phi) is 5.46. The average molecular weight is 373 g/mol. The number of hydrogen-bond donors (Lipinski definition) is 0. The lowest BCUT2D eigenvalue weighted by atomic mass is 9.91. The minimum Gasteiger partial charge on any atom is -0.340 e. The quantitative estimate of drug-likeness (QED) is 0.744. The number of guanidine groups is 1. The van der Waals surface area contributed by atoms with Crippen LogP contribution in [0.15, 0.2) is 34.2 Å². The van der Waals surface area contributed by atoms with Crippen LogP contribution in [0.1, 0.15) is 51.5 Å². The summed E-state index contributed by atoms with van der Waals surface area (Å²) in [6.45, 7) is 12.4. The summed E-state index contributed by atoms with van der Waals surface area (Å²) in [5.41, 5.74) is 1.41. The van der Waals surface area contributed by atoms with Crippen molar-refractivity contribution in [2.24, 2.45) is 4.99 Å². The molecule has 2 fully saturated rings. The van der Waals surface area contributed by atoms with Crippen LogP contribution in [0.2, 0.25) is 0 Å². The summed E-state index contributed by atoms with van der Waals surface area (Å²) in [7, 11) is 0. The van der Waals surface area contributed by atoms with Gasteiger partial charge in [0, 0.05) is 37.1 Å². The normalized spacial score (nSPS) is 24.9. The standard InChI is InChI=1S/C21H32N4S/c1-16(2)18-7-9-20(10-8-18)26-25-15-17(3)22-21(25)24-13-11-23(12-14-24)19-5-4-6-19/h7-10,16-17,19H,4-6,11-15H2,1-3H3. The van der Waals surface area contributed by atoms with Gasteiger partial charge in [0.15, 0.2) is 0 Å². The monoisotopic (exact) mass is 372 g/mol. The molecule has 2 aliphatic heterocycles. The van der Waals surface area contributed by atoms with Gasteiger partial charge in [-0.1, -0.05) is 32.4 Å². The molecule has 1 atom stereocenters. The Hall–Kier alpha value is -1.20. The molecule has 1 aliphatic carbocycles. The lowest BCUT2D eigenvalue weighted by Gasteiger charge is -2.44. The number of aliphatic imine (C=N–C) groups is 1. The SMILES string of the molecule is CC1CN(Sc2ccc(C(C)C)cc2)C(N2CCN(C3CCC3)CC2)=N1. The zero-order chi connectivity index (χ0) is 18.1. The van der Waals surface area contributed by atoms with Crippen molar-refractivity contribution in [3.05, 3.63) is 29.8 Å².